The smallest absolute Gasteiger partial charge is 0.349 e. The van der Waals surface area contributed by atoms with Crippen molar-refractivity contribution in [3.8, 4) is 0 Å². The Kier molecular flexibility index (Phi) is 3.72. The van der Waals surface area contributed by atoms with Crippen molar-refractivity contribution in [3.05, 3.63) is 34.1 Å². The highest BCUT2D eigenvalue weighted by Crippen LogP contribution is 2.26. The summed E-state index contributed by atoms with van der Waals surface area (Å²) in [6.45, 7) is 2.60. The van der Waals surface area contributed by atoms with Crippen LogP contribution in [0.15, 0.2) is 18.3 Å². The zero-order valence-electron chi connectivity index (χ0n) is 9.34. The number of alkyl halides is 1. The summed E-state index contributed by atoms with van der Waals surface area (Å²) in [5, 5.41) is 10.4. The number of ether oxygens (including phenoxy) is 1. The molecule has 1 aromatic heterocycles. The highest BCUT2D eigenvalue weighted by atomic mass is 19.1. The van der Waals surface area contributed by atoms with Gasteiger partial charge in [-0.05, 0) is 19.9 Å². The molecule has 7 heteroatoms. The van der Waals surface area contributed by atoms with Crippen molar-refractivity contribution in [1.29, 1.82) is 0 Å². The molecular weight excluding hydrogens is 231 g/mol. The number of aromatic nitrogens is 1. The lowest BCUT2D eigenvalue weighted by molar-refractivity contribution is -0.385. The van der Waals surface area contributed by atoms with Gasteiger partial charge in [-0.3, -0.25) is 15.1 Å². The van der Waals surface area contributed by atoms with E-state index >= 15 is 0 Å². The normalized spacial score (nSPS) is 13.8. The van der Waals surface area contributed by atoms with E-state index in [4.69, 9.17) is 0 Å². The number of halogens is 1. The zero-order chi connectivity index (χ0) is 13.1. The van der Waals surface area contributed by atoms with Crippen LogP contribution in [-0.4, -0.2) is 22.5 Å². The molecule has 0 spiro atoms. The summed E-state index contributed by atoms with van der Waals surface area (Å²) in [4.78, 5) is 24.6. The third-order valence-corrected chi connectivity index (χ3v) is 2.10. The van der Waals surface area contributed by atoms with Gasteiger partial charge >= 0.3 is 5.97 Å². The van der Waals surface area contributed by atoms with Gasteiger partial charge in [0.1, 0.15) is 6.20 Å². The molecule has 0 bridgehead atoms. The van der Waals surface area contributed by atoms with Crippen LogP contribution in [0.3, 0.4) is 0 Å². The number of nitrogens with zero attached hydrogens (tertiary/aromatic N) is 2. The van der Waals surface area contributed by atoms with Crippen LogP contribution >= 0.6 is 0 Å². The van der Waals surface area contributed by atoms with Crippen molar-refractivity contribution < 1.29 is 18.8 Å². The number of esters is 1. The minimum Gasteiger partial charge on any atom is -0.463 e. The molecule has 0 saturated heterocycles. The molecule has 92 valence electrons. The molecule has 0 fully saturated rings. The van der Waals surface area contributed by atoms with E-state index in [2.05, 4.69) is 9.72 Å². The van der Waals surface area contributed by atoms with Crippen molar-refractivity contribution in [2.75, 3.05) is 6.61 Å². The molecule has 0 amide bonds. The molecular formula is C10H11FN2O4. The first kappa shape index (κ1) is 13.0. The Morgan fingerprint density at radius 1 is 1.65 bits per heavy atom. The van der Waals surface area contributed by atoms with E-state index in [1.165, 1.54) is 0 Å². The average molecular weight is 242 g/mol. The maximum absolute atomic E-state index is 14.0. The maximum atomic E-state index is 14.0. The highest BCUT2D eigenvalue weighted by Gasteiger charge is 2.38. The third-order valence-electron chi connectivity index (χ3n) is 2.10. The van der Waals surface area contributed by atoms with Crippen LogP contribution in [0.5, 0.6) is 0 Å². The number of rotatable bonds is 4. The van der Waals surface area contributed by atoms with Crippen molar-refractivity contribution in [2.24, 2.45) is 0 Å². The average Bonchev–Trinajstić information content (AvgIpc) is 2.29. The molecule has 0 N–H and O–H groups in total. The van der Waals surface area contributed by atoms with Crippen molar-refractivity contribution in [3.63, 3.8) is 0 Å². The Hall–Kier alpha value is -2.05. The van der Waals surface area contributed by atoms with E-state index in [0.29, 0.717) is 0 Å². The van der Waals surface area contributed by atoms with Crippen LogP contribution in [0, 0.1) is 10.1 Å². The lowest BCUT2D eigenvalue weighted by atomic mass is 10.0. The van der Waals surface area contributed by atoms with Gasteiger partial charge in [0.15, 0.2) is 0 Å². The van der Waals surface area contributed by atoms with Gasteiger partial charge in [-0.1, -0.05) is 0 Å². The molecule has 0 aliphatic rings. The molecule has 0 aliphatic carbocycles. The number of pyridine rings is 1. The molecule has 0 saturated carbocycles. The predicted octanol–water partition coefficient (Wildman–Crippen LogP) is 1.74. The molecule has 1 atom stereocenters. The zero-order valence-corrected chi connectivity index (χ0v) is 9.34. The first-order valence-electron chi connectivity index (χ1n) is 4.86. The van der Waals surface area contributed by atoms with E-state index in [9.17, 15) is 19.3 Å². The molecule has 1 heterocycles. The maximum Gasteiger partial charge on any atom is 0.349 e. The van der Waals surface area contributed by atoms with Crippen molar-refractivity contribution >= 4 is 11.7 Å². The Labute approximate surface area is 96.6 Å². The molecule has 1 unspecified atom stereocenters. The molecule has 0 aliphatic heterocycles. The molecule has 17 heavy (non-hydrogen) atoms. The van der Waals surface area contributed by atoms with Crippen LogP contribution < -0.4 is 0 Å². The van der Waals surface area contributed by atoms with E-state index in [1.54, 1.807) is 6.92 Å². The Morgan fingerprint density at radius 3 is 2.71 bits per heavy atom. The Balaban J connectivity index is 2.99. The first-order valence-corrected chi connectivity index (χ1v) is 4.86. The summed E-state index contributed by atoms with van der Waals surface area (Å²) >= 11 is 0. The number of carbonyl (C=O) groups is 1. The standard InChI is InChI=1S/C10H11FN2O4/c1-3-17-9(14)10(2,11)8-5-4-7(6-12-8)13(15)16/h4-6H,3H2,1-2H3. The van der Waals surface area contributed by atoms with Crippen molar-refractivity contribution in [1.82, 2.24) is 4.98 Å². The fourth-order valence-electron chi connectivity index (χ4n) is 1.14. The van der Waals surface area contributed by atoms with Crippen LogP contribution in [0.1, 0.15) is 19.5 Å². The third kappa shape index (κ3) is 2.74. The second-order valence-electron chi connectivity index (χ2n) is 3.38. The molecule has 1 rings (SSSR count). The SMILES string of the molecule is CCOC(=O)C(C)(F)c1ccc([N+](=O)[O-])cn1. The summed E-state index contributed by atoms with van der Waals surface area (Å²) in [7, 11) is 0. The van der Waals surface area contributed by atoms with Gasteiger partial charge in [0, 0.05) is 6.07 Å². The van der Waals surface area contributed by atoms with Crippen LogP contribution in [-0.2, 0) is 15.2 Å². The fourth-order valence-corrected chi connectivity index (χ4v) is 1.14. The monoisotopic (exact) mass is 242 g/mol. The largest absolute Gasteiger partial charge is 0.463 e. The first-order chi connectivity index (χ1) is 7.89. The Morgan fingerprint density at radius 2 is 2.29 bits per heavy atom. The molecule has 0 radical (unpaired) electrons. The summed E-state index contributed by atoms with van der Waals surface area (Å²) < 4.78 is 18.6. The van der Waals surface area contributed by atoms with Gasteiger partial charge < -0.3 is 4.74 Å². The van der Waals surface area contributed by atoms with Gasteiger partial charge in [-0.25, -0.2) is 9.18 Å². The lowest BCUT2D eigenvalue weighted by Gasteiger charge is -2.17. The van der Waals surface area contributed by atoms with Crippen molar-refractivity contribution in [2.45, 2.75) is 19.5 Å². The van der Waals surface area contributed by atoms with Gasteiger partial charge in [-0.2, -0.15) is 0 Å². The predicted molar refractivity (Wildman–Crippen MR) is 56.0 cm³/mol. The van der Waals surface area contributed by atoms with Gasteiger partial charge in [0.05, 0.1) is 17.2 Å². The van der Waals surface area contributed by atoms with Crippen LogP contribution in [0.2, 0.25) is 0 Å². The van der Waals surface area contributed by atoms with Gasteiger partial charge in [-0.15, -0.1) is 0 Å². The minimum absolute atomic E-state index is 0.0469. The Bertz CT molecular complexity index is 430. The van der Waals surface area contributed by atoms with E-state index in [0.717, 1.165) is 25.3 Å². The number of hydrogen-bond donors (Lipinski definition) is 0. The fraction of sp³-hybridized carbons (Fsp3) is 0.400. The topological polar surface area (TPSA) is 82.3 Å². The molecule has 6 nitrogen and oxygen atoms in total. The number of nitro groups is 1. The number of hydrogen-bond acceptors (Lipinski definition) is 5. The second-order valence-corrected chi connectivity index (χ2v) is 3.38. The molecule has 1 aromatic rings. The van der Waals surface area contributed by atoms with Crippen LogP contribution in [0.25, 0.3) is 0 Å². The summed E-state index contributed by atoms with van der Waals surface area (Å²) in [5.74, 6) is -1.07. The summed E-state index contributed by atoms with van der Waals surface area (Å²) in [6, 6.07) is 2.18. The number of carbonyl (C=O) groups excluding carboxylic acids is 1. The van der Waals surface area contributed by atoms with Gasteiger partial charge in [0.2, 0.25) is 5.67 Å². The highest BCUT2D eigenvalue weighted by molar-refractivity contribution is 5.80. The van der Waals surface area contributed by atoms with E-state index in [1.807, 2.05) is 0 Å². The van der Waals surface area contributed by atoms with Gasteiger partial charge in [0.25, 0.3) is 5.69 Å². The second kappa shape index (κ2) is 4.86. The van der Waals surface area contributed by atoms with E-state index < -0.39 is 16.6 Å². The van der Waals surface area contributed by atoms with E-state index in [-0.39, 0.29) is 18.0 Å². The van der Waals surface area contributed by atoms with Crippen LogP contribution in [0.4, 0.5) is 10.1 Å². The quantitative estimate of drug-likeness (QED) is 0.456. The summed E-state index contributed by atoms with van der Waals surface area (Å²) in [5.41, 5.74) is -2.90. The molecule has 0 aromatic carbocycles. The minimum atomic E-state index is -2.41. The summed E-state index contributed by atoms with van der Waals surface area (Å²) in [6.07, 6.45) is 0.895. The lowest BCUT2D eigenvalue weighted by Crippen LogP contribution is -2.30.